The average molecular weight is 319 g/mol. The molecule has 0 radical (unpaired) electrons. The molecule has 2 saturated carbocycles. The van der Waals surface area contributed by atoms with Crippen molar-refractivity contribution in [2.75, 3.05) is 6.61 Å². The lowest BCUT2D eigenvalue weighted by Gasteiger charge is -2.24. The minimum atomic E-state index is -0.966. The van der Waals surface area contributed by atoms with Gasteiger partial charge in [-0.3, -0.25) is 10.2 Å². The second kappa shape index (κ2) is 5.50. The largest absolute Gasteiger partial charge is 0.458 e. The molecule has 3 rings (SSSR count). The molecule has 3 fully saturated rings. The van der Waals surface area contributed by atoms with Crippen molar-refractivity contribution in [1.29, 1.82) is 5.41 Å². The second-order valence-corrected chi connectivity index (χ2v) is 5.78. The van der Waals surface area contributed by atoms with Crippen LogP contribution in [0.25, 0.3) is 4.85 Å². The first kappa shape index (κ1) is 15.2. The highest BCUT2D eigenvalue weighted by molar-refractivity contribution is 6.39. The van der Waals surface area contributed by atoms with E-state index < -0.39 is 42.5 Å². The molecule has 0 amide bonds. The smallest absolute Gasteiger partial charge is 0.356 e. The summed E-state index contributed by atoms with van der Waals surface area (Å²) in [6.07, 6.45) is 0.548. The van der Waals surface area contributed by atoms with Crippen molar-refractivity contribution < 1.29 is 28.6 Å². The van der Waals surface area contributed by atoms with E-state index in [1.54, 1.807) is 0 Å². The molecule has 0 aromatic heterocycles. The van der Waals surface area contributed by atoms with Crippen LogP contribution in [-0.4, -0.2) is 48.5 Å². The Morgan fingerprint density at radius 2 is 2.22 bits per heavy atom. The van der Waals surface area contributed by atoms with Gasteiger partial charge in [0.2, 0.25) is 0 Å². The van der Waals surface area contributed by atoms with Gasteiger partial charge in [-0.25, -0.2) is 9.59 Å². The summed E-state index contributed by atoms with van der Waals surface area (Å²) in [5.74, 6) is -2.66. The number of ether oxygens (including phenoxy) is 3. The number of esters is 3. The van der Waals surface area contributed by atoms with E-state index in [4.69, 9.17) is 21.5 Å². The summed E-state index contributed by atoms with van der Waals surface area (Å²) in [5, 5.41) is 7.19. The van der Waals surface area contributed by atoms with E-state index in [-0.39, 0.29) is 23.7 Å². The first-order valence-corrected chi connectivity index (χ1v) is 7.16. The van der Waals surface area contributed by atoms with E-state index >= 15 is 0 Å². The highest BCUT2D eigenvalue weighted by Crippen LogP contribution is 2.56. The molecule has 0 spiro atoms. The van der Waals surface area contributed by atoms with Crippen molar-refractivity contribution in [2.24, 2.45) is 17.8 Å². The fourth-order valence-electron chi connectivity index (χ4n) is 3.78. The summed E-state index contributed by atoms with van der Waals surface area (Å²) in [6, 6.07) is -0.416. The van der Waals surface area contributed by atoms with Crippen LogP contribution >= 0.6 is 0 Å². The van der Waals surface area contributed by atoms with E-state index in [9.17, 15) is 14.4 Å². The topological polar surface area (TPSA) is 107 Å². The van der Waals surface area contributed by atoms with Gasteiger partial charge in [-0.15, -0.1) is 0 Å². The molecule has 23 heavy (non-hydrogen) atoms. The number of carbonyl (C=O) groups is 3. The monoisotopic (exact) mass is 319 g/mol. The minimum Gasteiger partial charge on any atom is -0.458 e. The zero-order valence-corrected chi connectivity index (χ0v) is 12.1. The molecule has 8 nitrogen and oxygen atoms in total. The molecule has 1 heterocycles. The summed E-state index contributed by atoms with van der Waals surface area (Å²) < 4.78 is 15.2. The molecule has 8 heteroatoms. The maximum atomic E-state index is 11.8. The van der Waals surface area contributed by atoms with Crippen molar-refractivity contribution in [3.8, 4) is 6.57 Å². The predicted octanol–water partition coefficient (Wildman–Crippen LogP) is 0.170. The van der Waals surface area contributed by atoms with Crippen LogP contribution in [0.4, 0.5) is 0 Å². The van der Waals surface area contributed by atoms with Crippen molar-refractivity contribution in [1.82, 2.24) is 0 Å². The van der Waals surface area contributed by atoms with Gasteiger partial charge in [0.1, 0.15) is 23.8 Å². The fourth-order valence-corrected chi connectivity index (χ4v) is 3.78. The van der Waals surface area contributed by atoms with Crippen molar-refractivity contribution in [2.45, 2.75) is 24.7 Å². The van der Waals surface area contributed by atoms with Crippen molar-refractivity contribution in [3.05, 3.63) is 17.5 Å². The lowest BCUT2D eigenvalue weighted by atomic mass is 9.84. The Bertz CT molecular complexity index is 651. The lowest BCUT2D eigenvalue weighted by Crippen LogP contribution is -2.42. The molecular formula is C15H15N2O6+. The van der Waals surface area contributed by atoms with Crippen LogP contribution in [0.15, 0.2) is 12.7 Å². The number of rotatable bonds is 5. The summed E-state index contributed by atoms with van der Waals surface area (Å²) in [5.41, 5.74) is -0.452. The molecule has 2 aliphatic carbocycles. The highest BCUT2D eigenvalue weighted by Gasteiger charge is 2.72. The number of hydrogen-bond donors (Lipinski definition) is 1. The number of carbonyl (C=O) groups excluding carboxylic acids is 3. The Kier molecular flexibility index (Phi) is 3.64. The Balaban J connectivity index is 1.61. The van der Waals surface area contributed by atoms with Gasteiger partial charge in [0.15, 0.2) is 6.61 Å². The highest BCUT2D eigenvalue weighted by atomic mass is 16.6. The van der Waals surface area contributed by atoms with Gasteiger partial charge in [0.25, 0.3) is 12.6 Å². The van der Waals surface area contributed by atoms with Gasteiger partial charge in [-0.1, -0.05) is 11.4 Å². The standard InChI is InChI=1S/C15H15N2O6/c1-3-8(16)14(19)21-5-9(18)22-13-7-4-6-10(11(7)17-2)15(20)23-12(6)13/h2-3,6-7,10-13,16H,1,4-5H2/q+1. The van der Waals surface area contributed by atoms with Crippen LogP contribution in [0.2, 0.25) is 0 Å². The number of nitrogens with zero attached hydrogens (tertiary/aromatic N) is 1. The first-order valence-electron chi connectivity index (χ1n) is 7.16. The van der Waals surface area contributed by atoms with Crippen LogP contribution in [0.5, 0.6) is 0 Å². The summed E-state index contributed by atoms with van der Waals surface area (Å²) in [6.45, 7) is 8.01. The molecule has 1 saturated heterocycles. The third-order valence-corrected chi connectivity index (χ3v) is 4.69. The van der Waals surface area contributed by atoms with E-state index in [2.05, 4.69) is 16.2 Å². The lowest BCUT2D eigenvalue weighted by molar-refractivity contribution is -0.168. The Labute approximate surface area is 131 Å². The molecule has 0 aromatic rings. The van der Waals surface area contributed by atoms with Crippen molar-refractivity contribution >= 4 is 23.6 Å². The van der Waals surface area contributed by atoms with Crippen molar-refractivity contribution in [3.63, 3.8) is 0 Å². The van der Waals surface area contributed by atoms with Gasteiger partial charge in [-0.2, -0.15) is 0 Å². The molecule has 0 aromatic carbocycles. The number of fused-ring (bicyclic) bond motifs is 1. The SMILES string of the molecule is C#[N+]C1C2CC3C(OC(=O)C31)C2OC(=O)COC(=O)C(=N)C=C. The minimum absolute atomic E-state index is 0.0425. The van der Waals surface area contributed by atoms with E-state index in [0.717, 1.165) is 6.08 Å². The molecule has 6 atom stereocenters. The van der Waals surface area contributed by atoms with Crippen LogP contribution in [0.1, 0.15) is 6.42 Å². The molecule has 1 N–H and O–H groups in total. The zero-order valence-electron chi connectivity index (χ0n) is 12.1. The maximum absolute atomic E-state index is 11.8. The average Bonchev–Trinajstić information content (AvgIpc) is 3.14. The summed E-state index contributed by atoms with van der Waals surface area (Å²) in [4.78, 5) is 38.7. The quantitative estimate of drug-likeness (QED) is 0.440. The van der Waals surface area contributed by atoms with E-state index in [0.29, 0.717) is 6.42 Å². The van der Waals surface area contributed by atoms with Crippen LogP contribution < -0.4 is 0 Å². The van der Waals surface area contributed by atoms with Gasteiger partial charge in [-0.05, 0) is 12.5 Å². The Morgan fingerprint density at radius 3 is 2.87 bits per heavy atom. The summed E-state index contributed by atoms with van der Waals surface area (Å²) in [7, 11) is 0. The molecule has 1 aliphatic heterocycles. The fraction of sp³-hybridized carbons (Fsp3) is 0.533. The Morgan fingerprint density at radius 1 is 1.48 bits per heavy atom. The third-order valence-electron chi connectivity index (χ3n) is 4.69. The molecule has 6 unspecified atom stereocenters. The molecule has 3 aliphatic rings. The normalized spacial score (nSPS) is 36.0. The van der Waals surface area contributed by atoms with Crippen LogP contribution in [0, 0.1) is 29.7 Å². The van der Waals surface area contributed by atoms with Gasteiger partial charge < -0.3 is 14.2 Å². The number of nitrogens with one attached hydrogen (secondary N) is 1. The molecule has 120 valence electrons. The zero-order chi connectivity index (χ0) is 16.7. The Hall–Kier alpha value is -2.69. The third kappa shape index (κ3) is 2.29. The predicted molar refractivity (Wildman–Crippen MR) is 75.8 cm³/mol. The van der Waals surface area contributed by atoms with Gasteiger partial charge >= 0.3 is 17.9 Å². The van der Waals surface area contributed by atoms with Crippen LogP contribution in [-0.2, 0) is 28.6 Å². The maximum Gasteiger partial charge on any atom is 0.356 e. The summed E-state index contributed by atoms with van der Waals surface area (Å²) >= 11 is 0. The molecular weight excluding hydrogens is 304 g/mol. The second-order valence-electron chi connectivity index (χ2n) is 5.78. The first-order chi connectivity index (χ1) is 11.0. The van der Waals surface area contributed by atoms with E-state index in [1.807, 2.05) is 0 Å². The number of hydrogen-bond acceptors (Lipinski definition) is 7. The van der Waals surface area contributed by atoms with Gasteiger partial charge in [0.05, 0.1) is 5.92 Å². The van der Waals surface area contributed by atoms with E-state index in [1.165, 1.54) is 0 Å². The van der Waals surface area contributed by atoms with Gasteiger partial charge in [0, 0.05) is 5.92 Å². The van der Waals surface area contributed by atoms with Crippen LogP contribution in [0.3, 0.4) is 0 Å². The molecule has 2 bridgehead atoms.